The molecule has 0 saturated carbocycles. The fraction of sp³-hybridized carbons (Fsp3) is 0.200. The fourth-order valence-electron chi connectivity index (χ4n) is 1.99. The predicted molar refractivity (Wildman–Crippen MR) is 79.0 cm³/mol. The van der Waals surface area contributed by atoms with Gasteiger partial charge in [-0.15, -0.1) is 0 Å². The molecule has 0 aliphatic rings. The molecule has 1 aromatic heterocycles. The number of rotatable bonds is 4. The zero-order valence-electron chi connectivity index (χ0n) is 11.0. The van der Waals surface area contributed by atoms with Gasteiger partial charge in [-0.2, -0.15) is 5.26 Å². The van der Waals surface area contributed by atoms with E-state index < -0.39 is 18.3 Å². The smallest absolute Gasteiger partial charge is 0.269 e. The number of benzene rings is 1. The van der Waals surface area contributed by atoms with E-state index in [4.69, 9.17) is 22.0 Å². The first-order valence-electron chi connectivity index (χ1n) is 6.25. The van der Waals surface area contributed by atoms with Crippen molar-refractivity contribution < 1.29 is 10.2 Å². The van der Waals surface area contributed by atoms with E-state index in [1.54, 1.807) is 30.3 Å². The van der Waals surface area contributed by atoms with Crippen LogP contribution >= 0.6 is 11.6 Å². The number of aliphatic hydroxyl groups is 2. The maximum absolute atomic E-state index is 12.2. The summed E-state index contributed by atoms with van der Waals surface area (Å²) in [7, 11) is 0. The Morgan fingerprint density at radius 1 is 1.24 bits per heavy atom. The first-order chi connectivity index (χ1) is 10.1. The van der Waals surface area contributed by atoms with Gasteiger partial charge in [0.05, 0.1) is 24.9 Å². The molecule has 0 radical (unpaired) electrons. The highest BCUT2D eigenvalue weighted by Gasteiger charge is 2.13. The second kappa shape index (κ2) is 6.55. The van der Waals surface area contributed by atoms with E-state index in [1.807, 2.05) is 6.07 Å². The van der Waals surface area contributed by atoms with Gasteiger partial charge in [-0.1, -0.05) is 23.7 Å². The van der Waals surface area contributed by atoms with E-state index in [1.165, 1.54) is 10.6 Å². The summed E-state index contributed by atoms with van der Waals surface area (Å²) < 4.78 is 1.28. The summed E-state index contributed by atoms with van der Waals surface area (Å²) in [5.74, 6) is 0. The highest BCUT2D eigenvalue weighted by molar-refractivity contribution is 6.30. The van der Waals surface area contributed by atoms with Gasteiger partial charge in [0, 0.05) is 5.02 Å². The summed E-state index contributed by atoms with van der Waals surface area (Å²) in [6, 6.07) is 11.7. The summed E-state index contributed by atoms with van der Waals surface area (Å²) in [5.41, 5.74) is 0.754. The molecule has 6 heteroatoms. The molecule has 2 rings (SSSR count). The van der Waals surface area contributed by atoms with Gasteiger partial charge in [0.25, 0.3) is 5.56 Å². The van der Waals surface area contributed by atoms with Crippen LogP contribution in [0.2, 0.25) is 5.02 Å². The van der Waals surface area contributed by atoms with Crippen molar-refractivity contribution in [1.82, 2.24) is 4.57 Å². The molecule has 0 aliphatic heterocycles. The Bertz CT molecular complexity index is 732. The van der Waals surface area contributed by atoms with Crippen molar-refractivity contribution in [2.75, 3.05) is 6.61 Å². The molecule has 0 saturated heterocycles. The van der Waals surface area contributed by atoms with Crippen LogP contribution in [0.1, 0.15) is 5.56 Å². The molecule has 0 spiro atoms. The first kappa shape index (κ1) is 15.3. The van der Waals surface area contributed by atoms with Gasteiger partial charge in [0.1, 0.15) is 11.6 Å². The van der Waals surface area contributed by atoms with Gasteiger partial charge in [0.15, 0.2) is 0 Å². The standard InChI is InChI=1S/C15H13ClN2O3/c16-12-4-1-10(2-5-12)14-6-3-11(7-17)15(21)18(14)8-13(20)9-19/h1-6,13,19-20H,8-9H2. The summed E-state index contributed by atoms with van der Waals surface area (Å²) in [6.45, 7) is -0.563. The van der Waals surface area contributed by atoms with Crippen molar-refractivity contribution in [1.29, 1.82) is 5.26 Å². The van der Waals surface area contributed by atoms with E-state index in [0.717, 1.165) is 5.56 Å². The topological polar surface area (TPSA) is 86.2 Å². The Kier molecular flexibility index (Phi) is 4.76. The first-order valence-corrected chi connectivity index (χ1v) is 6.63. The van der Waals surface area contributed by atoms with Crippen LogP contribution in [0.25, 0.3) is 11.3 Å². The van der Waals surface area contributed by atoms with Gasteiger partial charge in [-0.3, -0.25) is 4.79 Å². The normalized spacial score (nSPS) is 11.9. The number of pyridine rings is 1. The number of aromatic nitrogens is 1. The lowest BCUT2D eigenvalue weighted by Gasteiger charge is -2.16. The molecule has 5 nitrogen and oxygen atoms in total. The van der Waals surface area contributed by atoms with Crippen LogP contribution in [0, 0.1) is 11.3 Å². The molecule has 0 bridgehead atoms. The minimum absolute atomic E-state index is 0.0159. The van der Waals surface area contributed by atoms with E-state index in [2.05, 4.69) is 0 Å². The molecule has 1 heterocycles. The molecule has 21 heavy (non-hydrogen) atoms. The average molecular weight is 305 g/mol. The third kappa shape index (κ3) is 3.31. The van der Waals surface area contributed by atoms with Crippen LogP contribution < -0.4 is 5.56 Å². The van der Waals surface area contributed by atoms with Crippen LogP contribution in [-0.2, 0) is 6.54 Å². The molecule has 1 atom stereocenters. The highest BCUT2D eigenvalue weighted by Crippen LogP contribution is 2.21. The SMILES string of the molecule is N#Cc1ccc(-c2ccc(Cl)cc2)n(CC(O)CO)c1=O. The summed E-state index contributed by atoms with van der Waals surface area (Å²) >= 11 is 5.84. The van der Waals surface area contributed by atoms with Crippen molar-refractivity contribution in [3.05, 3.63) is 57.3 Å². The van der Waals surface area contributed by atoms with Crippen molar-refractivity contribution in [2.24, 2.45) is 0 Å². The molecule has 108 valence electrons. The molecular formula is C15H13ClN2O3. The molecule has 2 N–H and O–H groups in total. The Morgan fingerprint density at radius 2 is 1.90 bits per heavy atom. The largest absolute Gasteiger partial charge is 0.394 e. The lowest BCUT2D eigenvalue weighted by molar-refractivity contribution is 0.0807. The highest BCUT2D eigenvalue weighted by atomic mass is 35.5. The maximum atomic E-state index is 12.2. The number of halogens is 1. The van der Waals surface area contributed by atoms with Crippen LogP contribution in [0.5, 0.6) is 0 Å². The Balaban J connectivity index is 2.60. The van der Waals surface area contributed by atoms with Gasteiger partial charge in [0.2, 0.25) is 0 Å². The molecule has 2 aromatic rings. The van der Waals surface area contributed by atoms with Gasteiger partial charge >= 0.3 is 0 Å². The third-order valence-electron chi connectivity index (χ3n) is 3.04. The van der Waals surface area contributed by atoms with Gasteiger partial charge in [-0.05, 0) is 29.8 Å². The quantitative estimate of drug-likeness (QED) is 0.894. The lowest BCUT2D eigenvalue weighted by Crippen LogP contribution is -2.30. The molecule has 0 aliphatic carbocycles. The minimum atomic E-state index is -1.08. The summed E-state index contributed by atoms with van der Waals surface area (Å²) in [5, 5.41) is 28.1. The molecule has 1 aromatic carbocycles. The Labute approximate surface area is 126 Å². The van der Waals surface area contributed by atoms with E-state index >= 15 is 0 Å². The number of nitrogens with zero attached hydrogens (tertiary/aromatic N) is 2. The second-order valence-electron chi connectivity index (χ2n) is 4.50. The van der Waals surface area contributed by atoms with Crippen LogP contribution in [0.4, 0.5) is 0 Å². The minimum Gasteiger partial charge on any atom is -0.394 e. The van der Waals surface area contributed by atoms with Gasteiger partial charge < -0.3 is 14.8 Å². The van der Waals surface area contributed by atoms with Crippen molar-refractivity contribution in [3.8, 4) is 17.3 Å². The molecule has 0 amide bonds. The number of hydrogen-bond donors (Lipinski definition) is 2. The zero-order chi connectivity index (χ0) is 15.4. The number of nitriles is 1. The van der Waals surface area contributed by atoms with Crippen molar-refractivity contribution in [2.45, 2.75) is 12.6 Å². The molecule has 1 unspecified atom stereocenters. The summed E-state index contributed by atoms with van der Waals surface area (Å²) in [4.78, 5) is 12.2. The monoisotopic (exact) mass is 304 g/mol. The average Bonchev–Trinajstić information content (AvgIpc) is 2.50. The van der Waals surface area contributed by atoms with Crippen LogP contribution in [0.15, 0.2) is 41.2 Å². The second-order valence-corrected chi connectivity index (χ2v) is 4.94. The summed E-state index contributed by atoms with van der Waals surface area (Å²) in [6.07, 6.45) is -1.08. The van der Waals surface area contributed by atoms with Crippen LogP contribution in [0.3, 0.4) is 0 Å². The predicted octanol–water partition coefficient (Wildman–Crippen LogP) is 1.39. The van der Waals surface area contributed by atoms with E-state index in [9.17, 15) is 9.90 Å². The van der Waals surface area contributed by atoms with Crippen LogP contribution in [-0.4, -0.2) is 27.5 Å². The Morgan fingerprint density at radius 3 is 2.48 bits per heavy atom. The molecular weight excluding hydrogens is 292 g/mol. The van der Waals surface area contributed by atoms with E-state index in [0.29, 0.717) is 10.7 Å². The third-order valence-corrected chi connectivity index (χ3v) is 3.29. The van der Waals surface area contributed by atoms with Crippen molar-refractivity contribution in [3.63, 3.8) is 0 Å². The number of aliphatic hydroxyl groups excluding tert-OH is 2. The van der Waals surface area contributed by atoms with Gasteiger partial charge in [-0.25, -0.2) is 0 Å². The zero-order valence-corrected chi connectivity index (χ0v) is 11.8. The Hall–Kier alpha value is -2.13. The number of hydrogen-bond acceptors (Lipinski definition) is 4. The van der Waals surface area contributed by atoms with Crippen molar-refractivity contribution >= 4 is 11.6 Å². The maximum Gasteiger partial charge on any atom is 0.269 e. The fourth-order valence-corrected chi connectivity index (χ4v) is 2.11. The molecule has 0 fully saturated rings. The lowest BCUT2D eigenvalue weighted by atomic mass is 10.1. The van der Waals surface area contributed by atoms with E-state index in [-0.39, 0.29) is 12.1 Å².